The van der Waals surface area contributed by atoms with E-state index in [4.69, 9.17) is 0 Å². The Labute approximate surface area is 86.3 Å². The molecule has 1 aromatic rings. The van der Waals surface area contributed by atoms with E-state index in [1.807, 2.05) is 0 Å². The van der Waals surface area contributed by atoms with E-state index in [1.54, 1.807) is 5.56 Å². The van der Waals surface area contributed by atoms with Gasteiger partial charge >= 0.3 is 0 Å². The normalized spacial score (nSPS) is 40.4. The van der Waals surface area contributed by atoms with Crippen molar-refractivity contribution in [3.63, 3.8) is 0 Å². The zero-order valence-electron chi connectivity index (χ0n) is 8.87. The summed E-state index contributed by atoms with van der Waals surface area (Å²) in [4.78, 5) is 0. The highest BCUT2D eigenvalue weighted by Gasteiger charge is 2.61. The Bertz CT molecular complexity index is 313. The van der Waals surface area contributed by atoms with Gasteiger partial charge in [0.15, 0.2) is 0 Å². The van der Waals surface area contributed by atoms with Gasteiger partial charge in [0.2, 0.25) is 0 Å². The van der Waals surface area contributed by atoms with Crippen LogP contribution in [0.2, 0.25) is 0 Å². The predicted molar refractivity (Wildman–Crippen MR) is 59.2 cm³/mol. The second-order valence-electron chi connectivity index (χ2n) is 5.15. The SMILES string of the molecule is CC1(c2ccccc2)C2CCCCC21. The Balaban J connectivity index is 1.92. The quantitative estimate of drug-likeness (QED) is 0.626. The van der Waals surface area contributed by atoms with E-state index in [0.29, 0.717) is 5.41 Å². The summed E-state index contributed by atoms with van der Waals surface area (Å²) in [5, 5.41) is 0. The summed E-state index contributed by atoms with van der Waals surface area (Å²) in [7, 11) is 0. The molecule has 14 heavy (non-hydrogen) atoms. The van der Waals surface area contributed by atoms with Crippen molar-refractivity contribution in [2.75, 3.05) is 0 Å². The van der Waals surface area contributed by atoms with E-state index in [9.17, 15) is 0 Å². The Morgan fingerprint density at radius 1 is 1.00 bits per heavy atom. The Hall–Kier alpha value is -0.780. The monoisotopic (exact) mass is 186 g/mol. The lowest BCUT2D eigenvalue weighted by molar-refractivity contribution is 0.480. The highest BCUT2D eigenvalue weighted by molar-refractivity contribution is 5.35. The van der Waals surface area contributed by atoms with Crippen molar-refractivity contribution in [2.24, 2.45) is 11.8 Å². The molecule has 2 atom stereocenters. The number of hydrogen-bond donors (Lipinski definition) is 0. The highest BCUT2D eigenvalue weighted by atomic mass is 14.6. The first-order valence-corrected chi connectivity index (χ1v) is 5.89. The Morgan fingerprint density at radius 2 is 1.57 bits per heavy atom. The molecule has 0 radical (unpaired) electrons. The van der Waals surface area contributed by atoms with Gasteiger partial charge < -0.3 is 0 Å². The van der Waals surface area contributed by atoms with Crippen LogP contribution in [0.4, 0.5) is 0 Å². The van der Waals surface area contributed by atoms with Gasteiger partial charge in [-0.25, -0.2) is 0 Å². The zero-order chi connectivity index (χ0) is 9.60. The minimum atomic E-state index is 0.539. The molecule has 2 aliphatic carbocycles. The fraction of sp³-hybridized carbons (Fsp3) is 0.571. The van der Waals surface area contributed by atoms with Crippen molar-refractivity contribution >= 4 is 0 Å². The molecule has 0 spiro atoms. The van der Waals surface area contributed by atoms with Crippen molar-refractivity contribution in [3.8, 4) is 0 Å². The summed E-state index contributed by atoms with van der Waals surface area (Å²) in [6.07, 6.45) is 5.86. The van der Waals surface area contributed by atoms with Crippen LogP contribution in [0.1, 0.15) is 38.2 Å². The minimum Gasteiger partial charge on any atom is -0.0622 e. The molecule has 0 heterocycles. The van der Waals surface area contributed by atoms with E-state index in [-0.39, 0.29) is 0 Å². The largest absolute Gasteiger partial charge is 0.0622 e. The van der Waals surface area contributed by atoms with E-state index >= 15 is 0 Å². The Morgan fingerprint density at radius 3 is 2.14 bits per heavy atom. The molecule has 2 fully saturated rings. The fourth-order valence-electron chi connectivity index (χ4n) is 3.65. The summed E-state index contributed by atoms with van der Waals surface area (Å²) >= 11 is 0. The Kier molecular flexibility index (Phi) is 1.74. The smallest absolute Gasteiger partial charge is 0.00129 e. The third-order valence-corrected chi connectivity index (χ3v) is 4.59. The molecule has 3 rings (SSSR count). The molecule has 0 nitrogen and oxygen atoms in total. The summed E-state index contributed by atoms with van der Waals surface area (Å²) < 4.78 is 0. The number of hydrogen-bond acceptors (Lipinski definition) is 0. The van der Waals surface area contributed by atoms with Gasteiger partial charge in [-0.2, -0.15) is 0 Å². The number of fused-ring (bicyclic) bond motifs is 1. The maximum absolute atomic E-state index is 2.48. The van der Waals surface area contributed by atoms with Gasteiger partial charge in [-0.1, -0.05) is 50.1 Å². The third-order valence-electron chi connectivity index (χ3n) is 4.59. The maximum atomic E-state index is 2.48. The van der Waals surface area contributed by atoms with Crippen LogP contribution in [-0.2, 0) is 5.41 Å². The summed E-state index contributed by atoms with van der Waals surface area (Å²) in [5.74, 6) is 2.00. The van der Waals surface area contributed by atoms with Gasteiger partial charge in [-0.3, -0.25) is 0 Å². The lowest BCUT2D eigenvalue weighted by Crippen LogP contribution is -2.04. The van der Waals surface area contributed by atoms with Gasteiger partial charge in [0.05, 0.1) is 0 Å². The predicted octanol–water partition coefficient (Wildman–Crippen LogP) is 3.76. The molecule has 2 saturated carbocycles. The van der Waals surface area contributed by atoms with Crippen molar-refractivity contribution < 1.29 is 0 Å². The van der Waals surface area contributed by atoms with Crippen molar-refractivity contribution in [1.82, 2.24) is 0 Å². The van der Waals surface area contributed by atoms with Crippen LogP contribution >= 0.6 is 0 Å². The van der Waals surface area contributed by atoms with Crippen LogP contribution in [0.3, 0.4) is 0 Å². The minimum absolute atomic E-state index is 0.539. The molecule has 0 saturated heterocycles. The van der Waals surface area contributed by atoms with Crippen LogP contribution in [0.15, 0.2) is 30.3 Å². The second kappa shape index (κ2) is 2.85. The number of rotatable bonds is 1. The number of benzene rings is 1. The van der Waals surface area contributed by atoms with E-state index in [1.165, 1.54) is 25.7 Å². The average molecular weight is 186 g/mol. The molecule has 0 amide bonds. The molecular formula is C14H18. The molecule has 74 valence electrons. The standard InChI is InChI=1S/C14H18/c1-14(11-7-3-2-4-8-11)12-9-5-6-10-13(12)14/h2-4,7-8,12-13H,5-6,9-10H2,1H3. The topological polar surface area (TPSA) is 0 Å². The van der Waals surface area contributed by atoms with Crippen LogP contribution < -0.4 is 0 Å². The molecular weight excluding hydrogens is 168 g/mol. The lowest BCUT2D eigenvalue weighted by Gasteiger charge is -2.11. The van der Waals surface area contributed by atoms with Gasteiger partial charge in [-0.15, -0.1) is 0 Å². The molecule has 0 aromatic heterocycles. The van der Waals surface area contributed by atoms with E-state index in [0.717, 1.165) is 11.8 Å². The molecule has 1 aromatic carbocycles. The first kappa shape index (κ1) is 8.52. The van der Waals surface area contributed by atoms with Gasteiger partial charge in [-0.05, 0) is 35.7 Å². The van der Waals surface area contributed by atoms with Crippen LogP contribution in [-0.4, -0.2) is 0 Å². The van der Waals surface area contributed by atoms with Crippen molar-refractivity contribution in [1.29, 1.82) is 0 Å². The molecule has 2 unspecified atom stereocenters. The van der Waals surface area contributed by atoms with E-state index in [2.05, 4.69) is 37.3 Å². The maximum Gasteiger partial charge on any atom is -0.00129 e. The summed E-state index contributed by atoms with van der Waals surface area (Å²) in [5.41, 5.74) is 2.12. The average Bonchev–Trinajstić information content (AvgIpc) is 2.89. The first-order valence-electron chi connectivity index (χ1n) is 5.89. The van der Waals surface area contributed by atoms with Crippen LogP contribution in [0, 0.1) is 11.8 Å². The molecule has 0 bridgehead atoms. The first-order chi connectivity index (χ1) is 6.83. The lowest BCUT2D eigenvalue weighted by atomic mass is 9.93. The van der Waals surface area contributed by atoms with E-state index < -0.39 is 0 Å². The zero-order valence-corrected chi connectivity index (χ0v) is 8.87. The van der Waals surface area contributed by atoms with Gasteiger partial charge in [0.1, 0.15) is 0 Å². The highest BCUT2D eigenvalue weighted by Crippen LogP contribution is 2.65. The van der Waals surface area contributed by atoms with Crippen molar-refractivity contribution in [3.05, 3.63) is 35.9 Å². The molecule has 2 aliphatic rings. The fourth-order valence-corrected chi connectivity index (χ4v) is 3.65. The van der Waals surface area contributed by atoms with Gasteiger partial charge in [0.25, 0.3) is 0 Å². The second-order valence-corrected chi connectivity index (χ2v) is 5.15. The summed E-state index contributed by atoms with van der Waals surface area (Å²) in [6.45, 7) is 2.48. The molecule has 0 aliphatic heterocycles. The molecule has 0 N–H and O–H groups in total. The van der Waals surface area contributed by atoms with Gasteiger partial charge in [0, 0.05) is 0 Å². The molecule has 0 heteroatoms. The summed E-state index contributed by atoms with van der Waals surface area (Å²) in [6, 6.07) is 11.1. The van der Waals surface area contributed by atoms with Crippen molar-refractivity contribution in [2.45, 2.75) is 38.0 Å². The third kappa shape index (κ3) is 1.00. The van der Waals surface area contributed by atoms with Crippen LogP contribution in [0.5, 0.6) is 0 Å². The van der Waals surface area contributed by atoms with Crippen LogP contribution in [0.25, 0.3) is 0 Å².